The fourth-order valence-electron chi connectivity index (χ4n) is 1.84. The standard InChI is InChI=1S/C15H13NO4/c1-9-4-2-3-5-11(9)14(18)16-13-7-6-10(17)8-12(13)15(19)20/h2-8,17H,1H3,(H,16,18)(H,19,20). The molecule has 0 spiro atoms. The summed E-state index contributed by atoms with van der Waals surface area (Å²) >= 11 is 0. The highest BCUT2D eigenvalue weighted by atomic mass is 16.4. The van der Waals surface area contributed by atoms with E-state index in [1.54, 1.807) is 25.1 Å². The number of aryl methyl sites for hydroxylation is 1. The van der Waals surface area contributed by atoms with Crippen LogP contribution < -0.4 is 5.32 Å². The number of carboxylic acids is 1. The smallest absolute Gasteiger partial charge is 0.337 e. The van der Waals surface area contributed by atoms with E-state index in [0.29, 0.717) is 5.56 Å². The van der Waals surface area contributed by atoms with Crippen LogP contribution >= 0.6 is 0 Å². The van der Waals surface area contributed by atoms with Crippen LogP contribution in [0, 0.1) is 6.92 Å². The number of carbonyl (C=O) groups is 2. The molecule has 0 aliphatic rings. The average molecular weight is 271 g/mol. The minimum Gasteiger partial charge on any atom is -0.508 e. The van der Waals surface area contributed by atoms with Crippen molar-refractivity contribution in [2.45, 2.75) is 6.92 Å². The maximum atomic E-state index is 12.1. The molecule has 0 fully saturated rings. The number of aromatic carboxylic acids is 1. The van der Waals surface area contributed by atoms with Crippen molar-refractivity contribution in [2.75, 3.05) is 5.32 Å². The lowest BCUT2D eigenvalue weighted by Gasteiger charge is -2.10. The zero-order valence-electron chi connectivity index (χ0n) is 10.8. The fraction of sp³-hybridized carbons (Fsp3) is 0.0667. The Morgan fingerprint density at radius 2 is 1.75 bits per heavy atom. The first-order valence-electron chi connectivity index (χ1n) is 5.92. The lowest BCUT2D eigenvalue weighted by molar-refractivity contribution is 0.0697. The molecule has 0 saturated heterocycles. The number of phenolic OH excluding ortho intramolecular Hbond substituents is 1. The Morgan fingerprint density at radius 3 is 2.40 bits per heavy atom. The van der Waals surface area contributed by atoms with Gasteiger partial charge in [0, 0.05) is 5.56 Å². The van der Waals surface area contributed by atoms with Crippen molar-refractivity contribution in [1.82, 2.24) is 0 Å². The summed E-state index contributed by atoms with van der Waals surface area (Å²) in [6.07, 6.45) is 0. The first kappa shape index (κ1) is 13.6. The third-order valence-electron chi connectivity index (χ3n) is 2.87. The van der Waals surface area contributed by atoms with E-state index in [9.17, 15) is 14.7 Å². The largest absolute Gasteiger partial charge is 0.508 e. The topological polar surface area (TPSA) is 86.6 Å². The van der Waals surface area contributed by atoms with Gasteiger partial charge in [-0.15, -0.1) is 0 Å². The Hall–Kier alpha value is -2.82. The first-order chi connectivity index (χ1) is 9.49. The SMILES string of the molecule is Cc1ccccc1C(=O)Nc1ccc(O)cc1C(=O)O. The summed E-state index contributed by atoms with van der Waals surface area (Å²) < 4.78 is 0. The number of aromatic hydroxyl groups is 1. The van der Waals surface area contributed by atoms with E-state index >= 15 is 0 Å². The molecule has 102 valence electrons. The van der Waals surface area contributed by atoms with Crippen molar-refractivity contribution in [1.29, 1.82) is 0 Å². The monoisotopic (exact) mass is 271 g/mol. The molecule has 2 rings (SSSR count). The molecule has 0 atom stereocenters. The van der Waals surface area contributed by atoms with Gasteiger partial charge in [-0.05, 0) is 36.8 Å². The Morgan fingerprint density at radius 1 is 1.05 bits per heavy atom. The number of nitrogens with one attached hydrogen (secondary N) is 1. The summed E-state index contributed by atoms with van der Waals surface area (Å²) in [4.78, 5) is 23.2. The number of phenols is 1. The highest BCUT2D eigenvalue weighted by Gasteiger charge is 2.15. The summed E-state index contributed by atoms with van der Waals surface area (Å²) in [5, 5.41) is 20.9. The molecule has 0 saturated carbocycles. The van der Waals surface area contributed by atoms with E-state index in [1.807, 2.05) is 6.07 Å². The predicted molar refractivity (Wildman–Crippen MR) is 74.2 cm³/mol. The Kier molecular flexibility index (Phi) is 3.70. The molecule has 0 aliphatic heterocycles. The number of anilines is 1. The molecule has 0 bridgehead atoms. The molecule has 0 unspecified atom stereocenters. The number of amides is 1. The van der Waals surface area contributed by atoms with Crippen LogP contribution in [-0.2, 0) is 0 Å². The summed E-state index contributed by atoms with van der Waals surface area (Å²) in [7, 11) is 0. The van der Waals surface area contributed by atoms with Crippen LogP contribution in [0.25, 0.3) is 0 Å². The van der Waals surface area contributed by atoms with Crippen LogP contribution in [0.4, 0.5) is 5.69 Å². The van der Waals surface area contributed by atoms with Gasteiger partial charge in [0.1, 0.15) is 5.75 Å². The summed E-state index contributed by atoms with van der Waals surface area (Å²) in [5.74, 6) is -1.78. The van der Waals surface area contributed by atoms with Gasteiger partial charge in [0.25, 0.3) is 5.91 Å². The van der Waals surface area contributed by atoms with Gasteiger partial charge in [0.05, 0.1) is 11.3 Å². The van der Waals surface area contributed by atoms with E-state index in [1.165, 1.54) is 12.1 Å². The first-order valence-corrected chi connectivity index (χ1v) is 5.92. The zero-order valence-corrected chi connectivity index (χ0v) is 10.8. The summed E-state index contributed by atoms with van der Waals surface area (Å²) in [6, 6.07) is 10.8. The Balaban J connectivity index is 2.33. The van der Waals surface area contributed by atoms with Gasteiger partial charge in [-0.1, -0.05) is 18.2 Å². The highest BCUT2D eigenvalue weighted by molar-refractivity contribution is 6.08. The molecule has 3 N–H and O–H groups in total. The van der Waals surface area contributed by atoms with Gasteiger partial charge in [-0.25, -0.2) is 4.79 Å². The molecular formula is C15H13NO4. The molecule has 0 radical (unpaired) electrons. The fourth-order valence-corrected chi connectivity index (χ4v) is 1.84. The minimum atomic E-state index is -1.22. The Labute approximate surface area is 115 Å². The van der Waals surface area contributed by atoms with Crippen LogP contribution in [0.1, 0.15) is 26.3 Å². The molecule has 0 aromatic heterocycles. The van der Waals surface area contributed by atoms with Gasteiger partial charge >= 0.3 is 5.97 Å². The maximum Gasteiger partial charge on any atom is 0.337 e. The molecular weight excluding hydrogens is 258 g/mol. The summed E-state index contributed by atoms with van der Waals surface area (Å²) in [6.45, 7) is 1.80. The van der Waals surface area contributed by atoms with E-state index in [0.717, 1.165) is 11.6 Å². The third-order valence-corrected chi connectivity index (χ3v) is 2.87. The molecule has 2 aromatic rings. The van der Waals surface area contributed by atoms with E-state index in [4.69, 9.17) is 5.11 Å². The number of rotatable bonds is 3. The van der Waals surface area contributed by atoms with Crippen LogP contribution in [0.15, 0.2) is 42.5 Å². The molecule has 5 nitrogen and oxygen atoms in total. The lowest BCUT2D eigenvalue weighted by Crippen LogP contribution is -2.15. The van der Waals surface area contributed by atoms with Crippen molar-refractivity contribution in [2.24, 2.45) is 0 Å². The van der Waals surface area contributed by atoms with Crippen molar-refractivity contribution in [3.8, 4) is 5.75 Å². The highest BCUT2D eigenvalue weighted by Crippen LogP contribution is 2.22. The van der Waals surface area contributed by atoms with Crippen molar-refractivity contribution in [3.05, 3.63) is 59.2 Å². The van der Waals surface area contributed by atoms with Crippen LogP contribution in [-0.4, -0.2) is 22.1 Å². The van der Waals surface area contributed by atoms with Gasteiger partial charge in [0.2, 0.25) is 0 Å². The number of carbonyl (C=O) groups excluding carboxylic acids is 1. The van der Waals surface area contributed by atoms with E-state index in [2.05, 4.69) is 5.32 Å². The van der Waals surface area contributed by atoms with E-state index < -0.39 is 11.9 Å². The van der Waals surface area contributed by atoms with Crippen LogP contribution in [0.3, 0.4) is 0 Å². The number of benzene rings is 2. The minimum absolute atomic E-state index is 0.142. The number of hydrogen-bond donors (Lipinski definition) is 3. The van der Waals surface area contributed by atoms with Crippen molar-refractivity contribution >= 4 is 17.6 Å². The van der Waals surface area contributed by atoms with Crippen LogP contribution in [0.2, 0.25) is 0 Å². The third kappa shape index (κ3) is 2.77. The van der Waals surface area contributed by atoms with Gasteiger partial charge in [-0.3, -0.25) is 4.79 Å². The summed E-state index contributed by atoms with van der Waals surface area (Å²) in [5.41, 5.74) is 1.24. The molecule has 20 heavy (non-hydrogen) atoms. The van der Waals surface area contributed by atoms with Gasteiger partial charge < -0.3 is 15.5 Å². The zero-order chi connectivity index (χ0) is 14.7. The number of hydrogen-bond acceptors (Lipinski definition) is 3. The second-order valence-corrected chi connectivity index (χ2v) is 4.30. The maximum absolute atomic E-state index is 12.1. The van der Waals surface area contributed by atoms with Crippen molar-refractivity contribution < 1.29 is 19.8 Å². The van der Waals surface area contributed by atoms with Crippen LogP contribution in [0.5, 0.6) is 5.75 Å². The predicted octanol–water partition coefficient (Wildman–Crippen LogP) is 2.65. The second kappa shape index (κ2) is 5.44. The van der Waals surface area contributed by atoms with E-state index in [-0.39, 0.29) is 17.0 Å². The molecule has 5 heteroatoms. The average Bonchev–Trinajstić information content (AvgIpc) is 2.41. The molecule has 0 heterocycles. The van der Waals surface area contributed by atoms with Crippen molar-refractivity contribution in [3.63, 3.8) is 0 Å². The Bertz CT molecular complexity index is 679. The normalized spacial score (nSPS) is 10.1. The second-order valence-electron chi connectivity index (χ2n) is 4.30. The lowest BCUT2D eigenvalue weighted by atomic mass is 10.1. The van der Waals surface area contributed by atoms with Gasteiger partial charge in [-0.2, -0.15) is 0 Å². The quantitative estimate of drug-likeness (QED) is 0.749. The molecule has 0 aliphatic carbocycles. The van der Waals surface area contributed by atoms with Gasteiger partial charge in [0.15, 0.2) is 0 Å². The molecule has 2 aromatic carbocycles. The molecule has 1 amide bonds. The number of carboxylic acid groups (broad SMARTS) is 1.